The van der Waals surface area contributed by atoms with Crippen molar-refractivity contribution in [1.29, 1.82) is 0 Å². The highest BCUT2D eigenvalue weighted by atomic mass is 35.5. The average molecular weight is 378 g/mol. The molecule has 0 fully saturated rings. The highest BCUT2D eigenvalue weighted by Crippen LogP contribution is 2.22. The zero-order chi connectivity index (χ0) is 17.8. The van der Waals surface area contributed by atoms with E-state index in [1.54, 1.807) is 0 Å². The highest BCUT2D eigenvalue weighted by Gasteiger charge is 2.20. The molecule has 0 bridgehead atoms. The summed E-state index contributed by atoms with van der Waals surface area (Å²) in [5.41, 5.74) is 2.78. The molecule has 0 saturated heterocycles. The van der Waals surface area contributed by atoms with Crippen molar-refractivity contribution >= 4 is 29.9 Å². The van der Waals surface area contributed by atoms with Crippen molar-refractivity contribution in [3.8, 4) is 0 Å². The SMILES string of the molecule is CC(=O)Nc1cc(C(=O)NCC2NCCc3ccccc32)ccc1F.Cl. The van der Waals surface area contributed by atoms with Gasteiger partial charge in [-0.15, -0.1) is 12.4 Å². The number of fused-ring (bicyclic) bond motifs is 1. The highest BCUT2D eigenvalue weighted by molar-refractivity contribution is 5.96. The van der Waals surface area contributed by atoms with Crippen LogP contribution in [0.25, 0.3) is 0 Å². The molecular weight excluding hydrogens is 357 g/mol. The lowest BCUT2D eigenvalue weighted by Crippen LogP contribution is -2.38. The maximum Gasteiger partial charge on any atom is 0.251 e. The molecule has 0 spiro atoms. The van der Waals surface area contributed by atoms with Crippen LogP contribution in [0.2, 0.25) is 0 Å². The summed E-state index contributed by atoms with van der Waals surface area (Å²) in [6, 6.07) is 12.1. The van der Waals surface area contributed by atoms with Crippen LogP contribution in [0.5, 0.6) is 0 Å². The summed E-state index contributed by atoms with van der Waals surface area (Å²) in [5.74, 6) is -1.27. The molecule has 3 rings (SSSR count). The van der Waals surface area contributed by atoms with Gasteiger partial charge in [0.1, 0.15) is 5.82 Å². The number of halogens is 2. The van der Waals surface area contributed by atoms with Crippen molar-refractivity contribution in [2.75, 3.05) is 18.4 Å². The molecule has 138 valence electrons. The number of hydrogen-bond acceptors (Lipinski definition) is 3. The number of rotatable bonds is 4. The second-order valence-corrected chi connectivity index (χ2v) is 6.04. The third-order valence-corrected chi connectivity index (χ3v) is 4.22. The van der Waals surface area contributed by atoms with Crippen molar-refractivity contribution in [1.82, 2.24) is 10.6 Å². The van der Waals surface area contributed by atoms with Crippen molar-refractivity contribution in [2.24, 2.45) is 0 Å². The summed E-state index contributed by atoms with van der Waals surface area (Å²) >= 11 is 0. The molecule has 7 heteroatoms. The Balaban J connectivity index is 0.00000243. The summed E-state index contributed by atoms with van der Waals surface area (Å²) < 4.78 is 13.7. The first-order valence-corrected chi connectivity index (χ1v) is 8.21. The molecule has 2 aromatic rings. The van der Waals surface area contributed by atoms with E-state index in [1.165, 1.54) is 36.2 Å². The molecule has 1 atom stereocenters. The van der Waals surface area contributed by atoms with Gasteiger partial charge in [0.05, 0.1) is 5.69 Å². The van der Waals surface area contributed by atoms with Crippen molar-refractivity contribution < 1.29 is 14.0 Å². The van der Waals surface area contributed by atoms with E-state index in [1.807, 2.05) is 12.1 Å². The van der Waals surface area contributed by atoms with Gasteiger partial charge in [0.15, 0.2) is 0 Å². The second-order valence-electron chi connectivity index (χ2n) is 6.04. The van der Waals surface area contributed by atoms with Gasteiger partial charge in [-0.3, -0.25) is 9.59 Å². The van der Waals surface area contributed by atoms with Crippen LogP contribution in [-0.2, 0) is 11.2 Å². The van der Waals surface area contributed by atoms with E-state index in [4.69, 9.17) is 0 Å². The van der Waals surface area contributed by atoms with Crippen LogP contribution in [0.15, 0.2) is 42.5 Å². The molecule has 3 N–H and O–H groups in total. The molecule has 0 saturated carbocycles. The van der Waals surface area contributed by atoms with E-state index in [0.717, 1.165) is 13.0 Å². The van der Waals surface area contributed by atoms with E-state index in [0.29, 0.717) is 12.1 Å². The van der Waals surface area contributed by atoms with Crippen LogP contribution in [0, 0.1) is 5.82 Å². The topological polar surface area (TPSA) is 70.2 Å². The summed E-state index contributed by atoms with van der Waals surface area (Å²) in [4.78, 5) is 23.5. The Morgan fingerprint density at radius 3 is 2.77 bits per heavy atom. The minimum Gasteiger partial charge on any atom is -0.350 e. The molecule has 2 aromatic carbocycles. The molecule has 2 amide bonds. The molecule has 1 unspecified atom stereocenters. The Hall–Kier alpha value is -2.44. The van der Waals surface area contributed by atoms with Gasteiger partial charge in [0.25, 0.3) is 5.91 Å². The number of carbonyl (C=O) groups excluding carboxylic acids is 2. The van der Waals surface area contributed by atoms with Gasteiger partial charge in [0.2, 0.25) is 5.91 Å². The standard InChI is InChI=1S/C19H20FN3O2.ClH/c1-12(24)23-17-10-14(6-7-16(17)20)19(25)22-11-18-15-5-3-2-4-13(15)8-9-21-18;/h2-7,10,18,21H,8-9,11H2,1H3,(H,22,25)(H,23,24);1H. The zero-order valence-corrected chi connectivity index (χ0v) is 15.2. The summed E-state index contributed by atoms with van der Waals surface area (Å²) in [6.45, 7) is 2.59. The first kappa shape index (κ1) is 19.9. The van der Waals surface area contributed by atoms with Crippen LogP contribution in [-0.4, -0.2) is 24.9 Å². The lowest BCUT2D eigenvalue weighted by atomic mass is 9.94. The predicted molar refractivity (Wildman–Crippen MR) is 101 cm³/mol. The summed E-state index contributed by atoms with van der Waals surface area (Å²) in [6.07, 6.45) is 0.971. The monoisotopic (exact) mass is 377 g/mol. The molecule has 0 aliphatic carbocycles. The fourth-order valence-electron chi connectivity index (χ4n) is 3.02. The van der Waals surface area contributed by atoms with Gasteiger partial charge < -0.3 is 16.0 Å². The van der Waals surface area contributed by atoms with Crippen LogP contribution >= 0.6 is 12.4 Å². The average Bonchev–Trinajstić information content (AvgIpc) is 2.61. The maximum atomic E-state index is 13.7. The van der Waals surface area contributed by atoms with Crippen molar-refractivity contribution in [3.63, 3.8) is 0 Å². The van der Waals surface area contributed by atoms with Crippen LogP contribution in [0.4, 0.5) is 10.1 Å². The summed E-state index contributed by atoms with van der Waals surface area (Å²) in [7, 11) is 0. The number of hydrogen-bond donors (Lipinski definition) is 3. The van der Waals surface area contributed by atoms with E-state index >= 15 is 0 Å². The molecule has 5 nitrogen and oxygen atoms in total. The van der Waals surface area contributed by atoms with E-state index in [-0.39, 0.29) is 36.0 Å². The van der Waals surface area contributed by atoms with Crippen LogP contribution < -0.4 is 16.0 Å². The third-order valence-electron chi connectivity index (χ3n) is 4.22. The lowest BCUT2D eigenvalue weighted by molar-refractivity contribution is -0.114. The first-order chi connectivity index (χ1) is 12.0. The van der Waals surface area contributed by atoms with Crippen molar-refractivity contribution in [2.45, 2.75) is 19.4 Å². The van der Waals surface area contributed by atoms with Crippen LogP contribution in [0.3, 0.4) is 0 Å². The number of carbonyl (C=O) groups is 2. The zero-order valence-electron chi connectivity index (χ0n) is 14.3. The number of benzene rings is 2. The van der Waals surface area contributed by atoms with Gasteiger partial charge in [-0.2, -0.15) is 0 Å². The van der Waals surface area contributed by atoms with E-state index in [9.17, 15) is 14.0 Å². The number of nitrogens with one attached hydrogen (secondary N) is 3. The number of amides is 2. The minimum absolute atomic E-state index is 0. The second kappa shape index (κ2) is 8.78. The fraction of sp³-hybridized carbons (Fsp3) is 0.263. The first-order valence-electron chi connectivity index (χ1n) is 8.21. The van der Waals surface area contributed by atoms with E-state index < -0.39 is 5.82 Å². The normalized spacial score (nSPS) is 15.4. The third kappa shape index (κ3) is 4.59. The maximum absolute atomic E-state index is 13.7. The Bertz CT molecular complexity index is 813. The van der Waals surface area contributed by atoms with Gasteiger partial charge in [-0.1, -0.05) is 24.3 Å². The molecule has 1 heterocycles. The van der Waals surface area contributed by atoms with Crippen molar-refractivity contribution in [3.05, 3.63) is 65.0 Å². The Kier molecular flexibility index (Phi) is 6.71. The quantitative estimate of drug-likeness (QED) is 0.767. The lowest BCUT2D eigenvalue weighted by Gasteiger charge is -2.27. The number of anilines is 1. The molecular formula is C19H21ClFN3O2. The minimum atomic E-state index is -0.574. The smallest absolute Gasteiger partial charge is 0.251 e. The molecule has 0 radical (unpaired) electrons. The molecule has 26 heavy (non-hydrogen) atoms. The van der Waals surface area contributed by atoms with Crippen LogP contribution in [0.1, 0.15) is 34.5 Å². The molecule has 1 aliphatic rings. The van der Waals surface area contributed by atoms with Gasteiger partial charge in [-0.05, 0) is 42.3 Å². The Labute approximate surface area is 157 Å². The van der Waals surface area contributed by atoms with Gasteiger partial charge in [0, 0.05) is 25.1 Å². The molecule has 0 aromatic heterocycles. The van der Waals surface area contributed by atoms with Gasteiger partial charge in [-0.25, -0.2) is 4.39 Å². The summed E-state index contributed by atoms with van der Waals surface area (Å²) in [5, 5.41) is 8.65. The Morgan fingerprint density at radius 1 is 1.23 bits per heavy atom. The van der Waals surface area contributed by atoms with Gasteiger partial charge >= 0.3 is 0 Å². The van der Waals surface area contributed by atoms with E-state index in [2.05, 4.69) is 28.1 Å². The Morgan fingerprint density at radius 2 is 2.00 bits per heavy atom. The largest absolute Gasteiger partial charge is 0.350 e. The predicted octanol–water partition coefficient (Wildman–Crippen LogP) is 2.82. The fourth-order valence-corrected chi connectivity index (χ4v) is 3.02. The molecule has 1 aliphatic heterocycles.